The molecule has 20 heavy (non-hydrogen) atoms. The lowest BCUT2D eigenvalue weighted by molar-refractivity contribution is 0.102. The molecule has 1 amide bonds. The van der Waals surface area contributed by atoms with Gasteiger partial charge in [0.25, 0.3) is 5.91 Å². The lowest BCUT2D eigenvalue weighted by Crippen LogP contribution is -2.15. The number of anilines is 2. The largest absolute Gasteiger partial charge is 0.396 e. The molecule has 0 aliphatic rings. The monoisotopic (exact) mass is 333 g/mol. The number of para-hydroxylation sites is 1. The minimum Gasteiger partial charge on any atom is -0.396 e. The number of amides is 1. The number of nitrogens with two attached hydrogens (primary N) is 1. The van der Waals surface area contributed by atoms with Crippen LogP contribution in [0.15, 0.2) is 40.9 Å². The van der Waals surface area contributed by atoms with E-state index >= 15 is 0 Å². The van der Waals surface area contributed by atoms with Crippen LogP contribution in [0.1, 0.15) is 15.9 Å². The molecule has 0 aromatic heterocycles. The molecular formula is C14H9BrFN3O. The van der Waals surface area contributed by atoms with E-state index in [2.05, 4.69) is 21.2 Å². The molecule has 0 saturated carbocycles. The minimum atomic E-state index is -0.660. The number of hydrogen-bond donors (Lipinski definition) is 2. The highest BCUT2D eigenvalue weighted by Gasteiger charge is 2.14. The van der Waals surface area contributed by atoms with Crippen molar-refractivity contribution in [2.45, 2.75) is 0 Å². The van der Waals surface area contributed by atoms with Crippen molar-refractivity contribution in [2.24, 2.45) is 0 Å². The molecule has 2 aromatic carbocycles. The molecule has 100 valence electrons. The maximum absolute atomic E-state index is 13.3. The minimum absolute atomic E-state index is 0.0221. The zero-order valence-electron chi connectivity index (χ0n) is 10.2. The summed E-state index contributed by atoms with van der Waals surface area (Å²) in [6.45, 7) is 0. The summed E-state index contributed by atoms with van der Waals surface area (Å²) in [5.41, 5.74) is 5.96. The third-order valence-corrected chi connectivity index (χ3v) is 3.14. The van der Waals surface area contributed by atoms with Crippen LogP contribution in [0, 0.1) is 17.1 Å². The van der Waals surface area contributed by atoms with Crippen LogP contribution in [0.4, 0.5) is 15.8 Å². The van der Waals surface area contributed by atoms with Gasteiger partial charge >= 0.3 is 0 Å². The predicted molar refractivity (Wildman–Crippen MR) is 77.6 cm³/mol. The number of nitrogens with one attached hydrogen (secondary N) is 1. The van der Waals surface area contributed by atoms with E-state index in [-0.39, 0.29) is 11.3 Å². The average Bonchev–Trinajstić information content (AvgIpc) is 2.42. The van der Waals surface area contributed by atoms with Gasteiger partial charge in [0, 0.05) is 4.47 Å². The molecule has 0 radical (unpaired) electrons. The van der Waals surface area contributed by atoms with Gasteiger partial charge < -0.3 is 11.1 Å². The number of nitrogens with zero attached hydrogens (tertiary/aromatic N) is 1. The van der Waals surface area contributed by atoms with E-state index in [9.17, 15) is 9.18 Å². The van der Waals surface area contributed by atoms with Crippen LogP contribution in [0.5, 0.6) is 0 Å². The van der Waals surface area contributed by atoms with Crippen LogP contribution in [-0.4, -0.2) is 5.91 Å². The molecule has 2 rings (SSSR count). The van der Waals surface area contributed by atoms with Gasteiger partial charge in [-0.2, -0.15) is 5.26 Å². The molecule has 2 aromatic rings. The fourth-order valence-corrected chi connectivity index (χ4v) is 2.00. The first-order chi connectivity index (χ1) is 9.52. The Balaban J connectivity index is 2.35. The fourth-order valence-electron chi connectivity index (χ4n) is 1.64. The zero-order chi connectivity index (χ0) is 14.7. The number of carbonyl (C=O) groups excluding carboxylic acids is 1. The van der Waals surface area contributed by atoms with Crippen LogP contribution in [-0.2, 0) is 0 Å². The summed E-state index contributed by atoms with van der Waals surface area (Å²) >= 11 is 3.25. The Morgan fingerprint density at radius 3 is 2.80 bits per heavy atom. The van der Waals surface area contributed by atoms with E-state index in [4.69, 9.17) is 11.0 Å². The maximum atomic E-state index is 13.3. The van der Waals surface area contributed by atoms with Gasteiger partial charge in [-0.25, -0.2) is 4.39 Å². The fraction of sp³-hybridized carbons (Fsp3) is 0. The first-order valence-corrected chi connectivity index (χ1v) is 6.37. The number of halogens is 2. The predicted octanol–water partition coefficient (Wildman–Crippen LogP) is 3.29. The van der Waals surface area contributed by atoms with Crippen molar-refractivity contribution < 1.29 is 9.18 Å². The first kappa shape index (κ1) is 14.0. The Kier molecular flexibility index (Phi) is 4.01. The standard InChI is InChI=1S/C14H9BrFN3O/c15-9-5-4-8(7-17)12(6-9)19-14(20)10-2-1-3-11(16)13(10)18/h1-6H,18H2,(H,19,20). The van der Waals surface area contributed by atoms with Gasteiger partial charge in [-0.05, 0) is 30.3 Å². The van der Waals surface area contributed by atoms with Gasteiger partial charge in [-0.3, -0.25) is 4.79 Å². The highest BCUT2D eigenvalue weighted by molar-refractivity contribution is 9.10. The Bertz CT molecular complexity index is 725. The molecule has 0 saturated heterocycles. The molecule has 0 heterocycles. The van der Waals surface area contributed by atoms with Crippen molar-refractivity contribution in [1.29, 1.82) is 5.26 Å². The molecule has 0 fully saturated rings. The number of nitriles is 1. The second-order valence-electron chi connectivity index (χ2n) is 3.96. The molecule has 6 heteroatoms. The van der Waals surface area contributed by atoms with E-state index in [0.29, 0.717) is 15.7 Å². The Morgan fingerprint density at radius 1 is 1.35 bits per heavy atom. The molecule has 3 N–H and O–H groups in total. The van der Waals surface area contributed by atoms with E-state index in [0.717, 1.165) is 0 Å². The van der Waals surface area contributed by atoms with E-state index in [1.807, 2.05) is 6.07 Å². The van der Waals surface area contributed by atoms with Crippen molar-refractivity contribution in [3.05, 3.63) is 57.8 Å². The van der Waals surface area contributed by atoms with Crippen molar-refractivity contribution in [3.63, 3.8) is 0 Å². The smallest absolute Gasteiger partial charge is 0.257 e. The van der Waals surface area contributed by atoms with Crippen molar-refractivity contribution in [2.75, 3.05) is 11.1 Å². The SMILES string of the molecule is N#Cc1ccc(Br)cc1NC(=O)c1cccc(F)c1N. The normalized spacial score (nSPS) is 9.85. The summed E-state index contributed by atoms with van der Waals surface area (Å²) in [4.78, 5) is 12.1. The molecular weight excluding hydrogens is 325 g/mol. The second kappa shape index (κ2) is 5.72. The maximum Gasteiger partial charge on any atom is 0.257 e. The molecule has 0 bridgehead atoms. The topological polar surface area (TPSA) is 78.9 Å². The Hall–Kier alpha value is -2.39. The lowest BCUT2D eigenvalue weighted by atomic mass is 10.1. The van der Waals surface area contributed by atoms with Crippen molar-refractivity contribution in [1.82, 2.24) is 0 Å². The molecule has 0 aliphatic heterocycles. The first-order valence-electron chi connectivity index (χ1n) is 5.58. The van der Waals surface area contributed by atoms with Crippen LogP contribution in [0.25, 0.3) is 0 Å². The molecule has 0 spiro atoms. The van der Waals surface area contributed by atoms with Gasteiger partial charge in [-0.1, -0.05) is 22.0 Å². The van der Waals surface area contributed by atoms with Crippen LogP contribution in [0.2, 0.25) is 0 Å². The van der Waals surface area contributed by atoms with Gasteiger partial charge in [0.1, 0.15) is 11.9 Å². The van der Waals surface area contributed by atoms with Crippen LogP contribution < -0.4 is 11.1 Å². The zero-order valence-corrected chi connectivity index (χ0v) is 11.7. The van der Waals surface area contributed by atoms with Gasteiger partial charge in [0.05, 0.1) is 22.5 Å². The van der Waals surface area contributed by atoms with Crippen LogP contribution >= 0.6 is 15.9 Å². The number of nitrogen functional groups attached to an aromatic ring is 1. The van der Waals surface area contributed by atoms with Crippen molar-refractivity contribution >= 4 is 33.2 Å². The number of hydrogen-bond acceptors (Lipinski definition) is 3. The quantitative estimate of drug-likeness (QED) is 0.827. The second-order valence-corrected chi connectivity index (χ2v) is 4.87. The third kappa shape index (κ3) is 2.78. The lowest BCUT2D eigenvalue weighted by Gasteiger charge is -2.09. The van der Waals surface area contributed by atoms with Crippen LogP contribution in [0.3, 0.4) is 0 Å². The highest BCUT2D eigenvalue weighted by atomic mass is 79.9. The van der Waals surface area contributed by atoms with Crippen molar-refractivity contribution in [3.8, 4) is 6.07 Å². The molecule has 4 nitrogen and oxygen atoms in total. The summed E-state index contributed by atoms with van der Waals surface area (Å²) in [6, 6.07) is 10.8. The average molecular weight is 334 g/mol. The summed E-state index contributed by atoms with van der Waals surface area (Å²) in [5.74, 6) is -1.23. The van der Waals surface area contributed by atoms with Gasteiger partial charge in [0.15, 0.2) is 0 Å². The van der Waals surface area contributed by atoms with E-state index in [1.54, 1.807) is 18.2 Å². The molecule has 0 aliphatic carbocycles. The van der Waals surface area contributed by atoms with E-state index in [1.165, 1.54) is 18.2 Å². The summed E-state index contributed by atoms with van der Waals surface area (Å²) in [5, 5.41) is 11.5. The summed E-state index contributed by atoms with van der Waals surface area (Å²) in [7, 11) is 0. The summed E-state index contributed by atoms with van der Waals surface area (Å²) in [6.07, 6.45) is 0. The Morgan fingerprint density at radius 2 is 2.10 bits per heavy atom. The molecule has 0 atom stereocenters. The summed E-state index contributed by atoms with van der Waals surface area (Å²) < 4.78 is 14.0. The number of benzene rings is 2. The Labute approximate surface area is 123 Å². The number of rotatable bonds is 2. The van der Waals surface area contributed by atoms with E-state index < -0.39 is 11.7 Å². The van der Waals surface area contributed by atoms with Gasteiger partial charge in [0.2, 0.25) is 0 Å². The number of carbonyl (C=O) groups is 1. The highest BCUT2D eigenvalue weighted by Crippen LogP contribution is 2.23. The third-order valence-electron chi connectivity index (χ3n) is 2.65. The van der Waals surface area contributed by atoms with Gasteiger partial charge in [-0.15, -0.1) is 0 Å². The molecule has 0 unspecified atom stereocenters.